The standard InChI is InChI=1S/C17H28N4O5/c1-19-17(25)21(8-4-7-14(21)15(18)23)16(24)13(10-20(26)11-22)9-12-5-2-3-6-12/h11-14,26H,2-10H2,1H3,(H2-,18,19,23,25)/p+1/t13-,14+,21?/m1/s1. The van der Waals surface area contributed by atoms with E-state index in [0.29, 0.717) is 30.2 Å². The number of quaternary nitrogens is 1. The first-order valence-corrected chi connectivity index (χ1v) is 9.21. The van der Waals surface area contributed by atoms with Crippen molar-refractivity contribution in [2.24, 2.45) is 17.6 Å². The van der Waals surface area contributed by atoms with Gasteiger partial charge in [0.2, 0.25) is 6.41 Å². The van der Waals surface area contributed by atoms with E-state index in [1.54, 1.807) is 0 Å². The molecule has 2 fully saturated rings. The fourth-order valence-electron chi connectivity index (χ4n) is 4.57. The second kappa shape index (κ2) is 8.59. The fourth-order valence-corrected chi connectivity index (χ4v) is 4.57. The summed E-state index contributed by atoms with van der Waals surface area (Å²) in [6.45, 7) is 0.00110. The first kappa shape index (κ1) is 20.3. The normalized spacial score (nSPS) is 27.1. The SMILES string of the molecule is CNC(=O)[N+]1(C(=O)[C@H](CC2CCCC2)CN(O)C=O)CCC[C@H]1C(N)=O. The van der Waals surface area contributed by atoms with E-state index < -0.39 is 34.3 Å². The zero-order valence-electron chi connectivity index (χ0n) is 15.2. The molecule has 0 aromatic rings. The summed E-state index contributed by atoms with van der Waals surface area (Å²) in [5.41, 5.74) is 5.49. The molecule has 0 aromatic heterocycles. The molecule has 1 saturated heterocycles. The van der Waals surface area contributed by atoms with Crippen LogP contribution in [0.25, 0.3) is 0 Å². The van der Waals surface area contributed by atoms with Gasteiger partial charge < -0.3 is 11.1 Å². The highest BCUT2D eigenvalue weighted by Crippen LogP contribution is 2.35. The lowest BCUT2D eigenvalue weighted by atomic mass is 9.90. The van der Waals surface area contributed by atoms with Gasteiger partial charge in [0.25, 0.3) is 5.91 Å². The molecule has 0 bridgehead atoms. The van der Waals surface area contributed by atoms with E-state index in [9.17, 15) is 24.4 Å². The smallest absolute Gasteiger partial charge is 0.364 e. The summed E-state index contributed by atoms with van der Waals surface area (Å²) in [6.07, 6.45) is 5.75. The van der Waals surface area contributed by atoms with Gasteiger partial charge in [-0.25, -0.2) is 14.7 Å². The Morgan fingerprint density at radius 2 is 1.92 bits per heavy atom. The first-order chi connectivity index (χ1) is 12.4. The van der Waals surface area contributed by atoms with E-state index in [-0.39, 0.29) is 19.5 Å². The summed E-state index contributed by atoms with van der Waals surface area (Å²) in [6, 6.07) is -1.49. The topological polar surface area (TPSA) is 130 Å². The van der Waals surface area contributed by atoms with Crippen molar-refractivity contribution in [1.29, 1.82) is 0 Å². The van der Waals surface area contributed by atoms with Crippen LogP contribution in [-0.4, -0.2) is 65.2 Å². The molecular weight excluding hydrogens is 340 g/mol. The molecule has 0 radical (unpaired) electrons. The predicted octanol–water partition coefficient (Wildman–Crippen LogP) is 0.361. The molecule has 1 saturated carbocycles. The molecule has 146 valence electrons. The molecule has 2 aliphatic rings. The summed E-state index contributed by atoms with van der Waals surface area (Å²) in [5.74, 6) is -1.55. The summed E-state index contributed by atoms with van der Waals surface area (Å²) < 4.78 is -0.671. The second-order valence-electron chi connectivity index (χ2n) is 7.36. The Morgan fingerprint density at radius 3 is 2.46 bits per heavy atom. The zero-order chi connectivity index (χ0) is 19.3. The van der Waals surface area contributed by atoms with Crippen LogP contribution >= 0.6 is 0 Å². The van der Waals surface area contributed by atoms with Gasteiger partial charge in [-0.2, -0.15) is 4.48 Å². The Balaban J connectivity index is 2.35. The molecular formula is C17H29N4O5+. The van der Waals surface area contributed by atoms with E-state index in [1.165, 1.54) is 7.05 Å². The number of carbonyl (C=O) groups excluding carboxylic acids is 4. The van der Waals surface area contributed by atoms with Crippen LogP contribution in [0.1, 0.15) is 44.9 Å². The van der Waals surface area contributed by atoms with E-state index in [2.05, 4.69) is 5.32 Å². The summed E-state index contributed by atoms with van der Waals surface area (Å²) >= 11 is 0. The number of likely N-dealkylation sites (tertiary alicyclic amines) is 1. The van der Waals surface area contributed by atoms with Crippen molar-refractivity contribution < 1.29 is 28.9 Å². The van der Waals surface area contributed by atoms with E-state index >= 15 is 0 Å². The molecule has 26 heavy (non-hydrogen) atoms. The minimum atomic E-state index is -0.920. The lowest BCUT2D eigenvalue weighted by Gasteiger charge is -2.36. The van der Waals surface area contributed by atoms with Crippen molar-refractivity contribution in [3.8, 4) is 0 Å². The second-order valence-corrected chi connectivity index (χ2v) is 7.36. The number of nitrogens with two attached hydrogens (primary N) is 1. The molecule has 3 atom stereocenters. The maximum absolute atomic E-state index is 13.5. The van der Waals surface area contributed by atoms with Gasteiger partial charge in [-0.1, -0.05) is 25.7 Å². The Morgan fingerprint density at radius 1 is 1.27 bits per heavy atom. The van der Waals surface area contributed by atoms with Gasteiger partial charge >= 0.3 is 11.9 Å². The van der Waals surface area contributed by atoms with Gasteiger partial charge in [-0.15, -0.1) is 0 Å². The minimum absolute atomic E-state index is 0.193. The highest BCUT2D eigenvalue weighted by molar-refractivity contribution is 5.91. The number of imide groups is 1. The van der Waals surface area contributed by atoms with Crippen LogP contribution in [0.4, 0.5) is 4.79 Å². The summed E-state index contributed by atoms with van der Waals surface area (Å²) in [5, 5.41) is 12.6. The van der Waals surface area contributed by atoms with Crippen LogP contribution < -0.4 is 11.1 Å². The predicted molar refractivity (Wildman–Crippen MR) is 91.4 cm³/mol. The third kappa shape index (κ3) is 3.88. The Kier molecular flexibility index (Phi) is 6.71. The molecule has 1 aliphatic heterocycles. The van der Waals surface area contributed by atoms with Crippen LogP contribution in [0.2, 0.25) is 0 Å². The van der Waals surface area contributed by atoms with Gasteiger partial charge in [0.1, 0.15) is 0 Å². The average Bonchev–Trinajstić information content (AvgIpc) is 3.29. The number of rotatable bonds is 7. The molecule has 9 nitrogen and oxygen atoms in total. The quantitative estimate of drug-likeness (QED) is 0.258. The van der Waals surface area contributed by atoms with Crippen LogP contribution in [-0.2, 0) is 14.4 Å². The number of primary amides is 1. The minimum Gasteiger partial charge on any atom is -0.364 e. The molecule has 0 spiro atoms. The van der Waals surface area contributed by atoms with Crippen molar-refractivity contribution in [2.75, 3.05) is 20.1 Å². The fraction of sp³-hybridized carbons (Fsp3) is 0.765. The lowest BCUT2D eigenvalue weighted by molar-refractivity contribution is -0.779. The van der Waals surface area contributed by atoms with Crippen LogP contribution in [0.15, 0.2) is 0 Å². The van der Waals surface area contributed by atoms with E-state index in [1.807, 2.05) is 0 Å². The maximum atomic E-state index is 13.5. The zero-order valence-corrected chi connectivity index (χ0v) is 15.2. The summed E-state index contributed by atoms with van der Waals surface area (Å²) in [4.78, 5) is 49.0. The van der Waals surface area contributed by atoms with Gasteiger partial charge in [-0.3, -0.25) is 14.8 Å². The third-order valence-electron chi connectivity index (χ3n) is 5.79. The lowest BCUT2D eigenvalue weighted by Crippen LogP contribution is -2.67. The number of hydroxylamine groups is 2. The van der Waals surface area contributed by atoms with Crippen LogP contribution in [0.5, 0.6) is 0 Å². The van der Waals surface area contributed by atoms with Gasteiger partial charge in [0, 0.05) is 19.9 Å². The summed E-state index contributed by atoms with van der Waals surface area (Å²) in [7, 11) is 1.42. The number of urea groups is 1. The van der Waals surface area contributed by atoms with E-state index in [0.717, 1.165) is 25.7 Å². The van der Waals surface area contributed by atoms with Crippen molar-refractivity contribution in [2.45, 2.75) is 51.0 Å². The van der Waals surface area contributed by atoms with Crippen LogP contribution in [0.3, 0.4) is 0 Å². The Bertz CT molecular complexity index is 563. The average molecular weight is 369 g/mol. The van der Waals surface area contributed by atoms with Crippen molar-refractivity contribution in [3.05, 3.63) is 0 Å². The number of hydrogen-bond donors (Lipinski definition) is 3. The molecule has 2 rings (SSSR count). The molecule has 4 N–H and O–H groups in total. The molecule has 1 aliphatic carbocycles. The Labute approximate surface area is 153 Å². The monoisotopic (exact) mass is 369 g/mol. The van der Waals surface area contributed by atoms with Gasteiger partial charge in [-0.05, 0) is 12.3 Å². The number of nitrogens with zero attached hydrogens (tertiary/aromatic N) is 2. The number of nitrogens with one attached hydrogen (secondary N) is 1. The number of amides is 5. The molecule has 0 aromatic carbocycles. The van der Waals surface area contributed by atoms with Crippen molar-refractivity contribution in [3.63, 3.8) is 0 Å². The Hall–Kier alpha value is -2.00. The molecule has 1 unspecified atom stereocenters. The first-order valence-electron chi connectivity index (χ1n) is 9.21. The number of carbonyl (C=O) groups is 4. The highest BCUT2D eigenvalue weighted by atomic mass is 16.5. The van der Waals surface area contributed by atoms with Gasteiger partial charge in [0.05, 0.1) is 19.0 Å². The van der Waals surface area contributed by atoms with Gasteiger partial charge in [0.15, 0.2) is 6.04 Å². The highest BCUT2D eigenvalue weighted by Gasteiger charge is 2.58. The number of hydrogen-bond acceptors (Lipinski definition) is 5. The molecule has 1 heterocycles. The molecule has 9 heteroatoms. The third-order valence-corrected chi connectivity index (χ3v) is 5.79. The van der Waals surface area contributed by atoms with E-state index in [4.69, 9.17) is 5.73 Å². The van der Waals surface area contributed by atoms with Crippen LogP contribution in [0, 0.1) is 11.8 Å². The largest absolute Gasteiger partial charge is 0.424 e. The van der Waals surface area contributed by atoms with Crippen molar-refractivity contribution in [1.82, 2.24) is 10.4 Å². The maximum Gasteiger partial charge on any atom is 0.424 e. The molecule has 5 amide bonds. The van der Waals surface area contributed by atoms with Crippen molar-refractivity contribution >= 4 is 24.3 Å².